The molecule has 2 rings (SSSR count). The van der Waals surface area contributed by atoms with Crippen LogP contribution in [-0.4, -0.2) is 49.8 Å². The second-order valence-corrected chi connectivity index (χ2v) is 7.66. The molecule has 2 amide bonds. The molecule has 2 N–H and O–H groups in total. The van der Waals surface area contributed by atoms with Gasteiger partial charge in [0.15, 0.2) is 5.16 Å². The second-order valence-electron chi connectivity index (χ2n) is 4.83. The van der Waals surface area contributed by atoms with Crippen LogP contribution in [0.3, 0.4) is 0 Å². The molecule has 0 aliphatic rings. The average molecular weight is 403 g/mol. The Bertz CT molecular complexity index is 891. The molecule has 0 atom stereocenters. The lowest BCUT2D eigenvalue weighted by Crippen LogP contribution is -2.35. The largest absolute Gasteiger partial charge is 0.347 e. The zero-order chi connectivity index (χ0) is 18.6. The molecule has 0 radical (unpaired) electrons. The van der Waals surface area contributed by atoms with Crippen LogP contribution < -0.4 is 14.9 Å². The topological polar surface area (TPSA) is 117 Å². The summed E-state index contributed by atoms with van der Waals surface area (Å²) in [5, 5.41) is 2.66. The van der Waals surface area contributed by atoms with E-state index >= 15 is 0 Å². The van der Waals surface area contributed by atoms with E-state index in [4.69, 9.17) is 11.6 Å². The first-order valence-corrected chi connectivity index (χ1v) is 9.87. The van der Waals surface area contributed by atoms with Crippen molar-refractivity contribution in [3.8, 4) is 0 Å². The van der Waals surface area contributed by atoms with Gasteiger partial charge in [0.1, 0.15) is 4.90 Å². The molecule has 0 fully saturated rings. The first-order chi connectivity index (χ1) is 11.7. The number of nitrogens with one attached hydrogen (secondary N) is 2. The third kappa shape index (κ3) is 4.94. The number of thioether (sulfide) groups is 1. The van der Waals surface area contributed by atoms with E-state index in [-0.39, 0.29) is 15.9 Å². The lowest BCUT2D eigenvalue weighted by atomic mass is 10.4. The van der Waals surface area contributed by atoms with E-state index in [2.05, 4.69) is 20.3 Å². The zero-order valence-electron chi connectivity index (χ0n) is 13.5. The van der Waals surface area contributed by atoms with Crippen LogP contribution >= 0.6 is 23.4 Å². The number of hydrogen-bond donors (Lipinski definition) is 2. The van der Waals surface area contributed by atoms with Crippen molar-refractivity contribution in [1.82, 2.24) is 19.7 Å². The highest BCUT2D eigenvalue weighted by atomic mass is 35.5. The van der Waals surface area contributed by atoms with E-state index in [1.807, 2.05) is 4.72 Å². The molecule has 0 saturated heterocycles. The Kier molecular flexibility index (Phi) is 6.03. The van der Waals surface area contributed by atoms with Gasteiger partial charge in [-0.3, -0.25) is 5.32 Å². The monoisotopic (exact) mass is 402 g/mol. The number of hydrogen-bond acceptors (Lipinski definition) is 8. The Labute approximate surface area is 154 Å². The van der Waals surface area contributed by atoms with Crippen LogP contribution in [-0.2, 0) is 10.0 Å². The summed E-state index contributed by atoms with van der Waals surface area (Å²) in [7, 11) is -0.679. The van der Waals surface area contributed by atoms with Crippen LogP contribution in [0.2, 0.25) is 5.02 Å². The molecule has 9 nitrogen and oxygen atoms in total. The molecule has 0 saturated carbocycles. The van der Waals surface area contributed by atoms with Crippen molar-refractivity contribution in [2.24, 2.45) is 0 Å². The van der Waals surface area contributed by atoms with Crippen LogP contribution in [0.25, 0.3) is 0 Å². The predicted octanol–water partition coefficient (Wildman–Crippen LogP) is 1.82. The standard InChI is InChI=1S/C13H15ClN6O3S2/c1-20(2)11-15-10(17-13(18-11)24-3)16-12(21)19-25(22,23)9-7-5-4-6-8(9)14/h4-7H,1-3H3,(H2,15,16,17,18,19,21). The third-order valence-electron chi connectivity index (χ3n) is 2.76. The summed E-state index contributed by atoms with van der Waals surface area (Å²) < 4.78 is 26.3. The number of amides is 2. The molecule has 0 aliphatic carbocycles. The van der Waals surface area contributed by atoms with Crippen molar-refractivity contribution in [2.45, 2.75) is 10.1 Å². The minimum atomic E-state index is -4.13. The molecule has 1 aromatic carbocycles. The first kappa shape index (κ1) is 19.2. The number of halogens is 1. The second kappa shape index (κ2) is 7.85. The maximum Gasteiger partial charge on any atom is 0.335 e. The number of urea groups is 1. The maximum absolute atomic E-state index is 12.2. The minimum Gasteiger partial charge on any atom is -0.347 e. The Hall–Kier alpha value is -2.11. The van der Waals surface area contributed by atoms with Crippen molar-refractivity contribution >= 4 is 51.3 Å². The van der Waals surface area contributed by atoms with Gasteiger partial charge in [0.05, 0.1) is 5.02 Å². The highest BCUT2D eigenvalue weighted by molar-refractivity contribution is 7.98. The molecule has 1 heterocycles. The fourth-order valence-electron chi connectivity index (χ4n) is 1.66. The molecule has 0 aliphatic heterocycles. The highest BCUT2D eigenvalue weighted by Gasteiger charge is 2.21. The van der Waals surface area contributed by atoms with E-state index in [1.165, 1.54) is 30.0 Å². The van der Waals surface area contributed by atoms with Crippen LogP contribution in [0, 0.1) is 0 Å². The lowest BCUT2D eigenvalue weighted by molar-refractivity contribution is 0.256. The number of carbonyl (C=O) groups excluding carboxylic acids is 1. The smallest absolute Gasteiger partial charge is 0.335 e. The highest BCUT2D eigenvalue weighted by Crippen LogP contribution is 2.20. The first-order valence-electron chi connectivity index (χ1n) is 6.78. The molecule has 0 spiro atoms. The van der Waals surface area contributed by atoms with Crippen LogP contribution in [0.15, 0.2) is 34.3 Å². The van der Waals surface area contributed by atoms with Gasteiger partial charge < -0.3 is 4.90 Å². The number of carbonyl (C=O) groups is 1. The molecule has 25 heavy (non-hydrogen) atoms. The number of sulfonamides is 1. The number of rotatable bonds is 5. The number of anilines is 2. The van der Waals surface area contributed by atoms with E-state index < -0.39 is 16.1 Å². The van der Waals surface area contributed by atoms with Gasteiger partial charge in [0.2, 0.25) is 11.9 Å². The van der Waals surface area contributed by atoms with Gasteiger partial charge in [-0.05, 0) is 18.4 Å². The Morgan fingerprint density at radius 3 is 2.48 bits per heavy atom. The Morgan fingerprint density at radius 1 is 1.20 bits per heavy atom. The number of aromatic nitrogens is 3. The summed E-state index contributed by atoms with van der Waals surface area (Å²) in [5.41, 5.74) is 0. The Morgan fingerprint density at radius 2 is 1.88 bits per heavy atom. The molecule has 134 valence electrons. The van der Waals surface area contributed by atoms with Gasteiger partial charge in [-0.1, -0.05) is 35.5 Å². The van der Waals surface area contributed by atoms with E-state index in [1.54, 1.807) is 31.3 Å². The molecule has 12 heteroatoms. The normalized spacial score (nSPS) is 11.0. The summed E-state index contributed by atoms with van der Waals surface area (Å²) in [6, 6.07) is 4.77. The fraction of sp³-hybridized carbons (Fsp3) is 0.231. The number of nitrogens with zero attached hydrogens (tertiary/aromatic N) is 4. The Balaban J connectivity index is 2.20. The van der Waals surface area contributed by atoms with Gasteiger partial charge in [-0.25, -0.2) is 17.9 Å². The number of benzene rings is 1. The SMILES string of the molecule is CSc1nc(NC(=O)NS(=O)(=O)c2ccccc2Cl)nc(N(C)C)n1. The molecule has 1 aromatic heterocycles. The van der Waals surface area contributed by atoms with Gasteiger partial charge in [-0.15, -0.1) is 0 Å². The minimum absolute atomic E-state index is 0.00234. The van der Waals surface area contributed by atoms with Crippen molar-refractivity contribution in [3.05, 3.63) is 29.3 Å². The van der Waals surface area contributed by atoms with E-state index in [9.17, 15) is 13.2 Å². The van der Waals surface area contributed by atoms with Crippen molar-refractivity contribution in [1.29, 1.82) is 0 Å². The summed E-state index contributed by atoms with van der Waals surface area (Å²) in [5.74, 6) is 0.249. The van der Waals surface area contributed by atoms with Gasteiger partial charge >= 0.3 is 6.03 Å². The van der Waals surface area contributed by atoms with Gasteiger partial charge in [-0.2, -0.15) is 15.0 Å². The van der Waals surface area contributed by atoms with Crippen molar-refractivity contribution in [3.63, 3.8) is 0 Å². The predicted molar refractivity (Wildman–Crippen MR) is 96.7 cm³/mol. The van der Waals surface area contributed by atoms with Crippen LogP contribution in [0.4, 0.5) is 16.7 Å². The van der Waals surface area contributed by atoms with Crippen molar-refractivity contribution < 1.29 is 13.2 Å². The summed E-state index contributed by atoms with van der Waals surface area (Å²) in [4.78, 5) is 25.7. The molecule has 0 unspecified atom stereocenters. The third-order valence-corrected chi connectivity index (χ3v) is 5.14. The fourth-order valence-corrected chi connectivity index (χ4v) is 3.44. The van der Waals surface area contributed by atoms with Crippen molar-refractivity contribution in [2.75, 3.05) is 30.6 Å². The lowest BCUT2D eigenvalue weighted by Gasteiger charge is -2.13. The van der Waals surface area contributed by atoms with E-state index in [0.717, 1.165) is 0 Å². The summed E-state index contributed by atoms with van der Waals surface area (Å²) in [6.07, 6.45) is 1.76. The van der Waals surface area contributed by atoms with Gasteiger partial charge in [0, 0.05) is 14.1 Å². The van der Waals surface area contributed by atoms with E-state index in [0.29, 0.717) is 11.1 Å². The molecular weight excluding hydrogens is 388 g/mol. The van der Waals surface area contributed by atoms with Crippen LogP contribution in [0.5, 0.6) is 0 Å². The summed E-state index contributed by atoms with van der Waals surface area (Å²) in [6.45, 7) is 0. The van der Waals surface area contributed by atoms with Crippen LogP contribution in [0.1, 0.15) is 0 Å². The maximum atomic E-state index is 12.2. The summed E-state index contributed by atoms with van der Waals surface area (Å²) >= 11 is 7.11. The zero-order valence-corrected chi connectivity index (χ0v) is 15.9. The molecule has 0 bridgehead atoms. The molecular formula is C13H15ClN6O3S2. The van der Waals surface area contributed by atoms with Gasteiger partial charge in [0.25, 0.3) is 10.0 Å². The average Bonchev–Trinajstić information content (AvgIpc) is 2.53. The quantitative estimate of drug-likeness (QED) is 0.727. The molecule has 2 aromatic rings.